The van der Waals surface area contributed by atoms with Crippen LogP contribution in [0.25, 0.3) is 22.2 Å². The number of furan rings is 1. The van der Waals surface area contributed by atoms with E-state index in [1.165, 1.54) is 12.1 Å². The molecule has 0 amide bonds. The molecule has 0 bridgehead atoms. The average molecular weight is 321 g/mol. The van der Waals surface area contributed by atoms with E-state index in [9.17, 15) is 9.18 Å². The van der Waals surface area contributed by atoms with Crippen LogP contribution < -0.4 is 0 Å². The molecular formula is C19H12FNO3. The topological polar surface area (TPSA) is 56.2 Å². The Kier molecular flexibility index (Phi) is 3.27. The van der Waals surface area contributed by atoms with Gasteiger partial charge in [-0.2, -0.15) is 0 Å². The van der Waals surface area contributed by atoms with Crippen LogP contribution >= 0.6 is 0 Å². The summed E-state index contributed by atoms with van der Waals surface area (Å²) in [6, 6.07) is 15.3. The number of para-hydroxylation sites is 1. The number of halogens is 1. The van der Waals surface area contributed by atoms with Gasteiger partial charge in [0.25, 0.3) is 0 Å². The van der Waals surface area contributed by atoms with E-state index in [2.05, 4.69) is 5.16 Å². The molecule has 0 atom stereocenters. The molecule has 0 radical (unpaired) electrons. The third-order valence-corrected chi connectivity index (χ3v) is 3.86. The highest BCUT2D eigenvalue weighted by Crippen LogP contribution is 2.30. The number of nitrogens with zero attached hydrogens (tertiary/aromatic N) is 1. The maximum atomic E-state index is 13.8. The van der Waals surface area contributed by atoms with Crippen molar-refractivity contribution in [3.05, 3.63) is 77.5 Å². The largest absolute Gasteiger partial charge is 0.449 e. The first-order chi connectivity index (χ1) is 11.6. The van der Waals surface area contributed by atoms with Crippen molar-refractivity contribution in [1.82, 2.24) is 5.16 Å². The third kappa shape index (κ3) is 2.22. The zero-order valence-corrected chi connectivity index (χ0v) is 12.7. The van der Waals surface area contributed by atoms with Crippen molar-refractivity contribution in [3.63, 3.8) is 0 Å². The summed E-state index contributed by atoms with van der Waals surface area (Å²) in [5.41, 5.74) is 1.59. The molecule has 0 saturated heterocycles. The third-order valence-electron chi connectivity index (χ3n) is 3.86. The Bertz CT molecular complexity index is 1050. The van der Waals surface area contributed by atoms with Crippen LogP contribution in [-0.4, -0.2) is 10.9 Å². The van der Waals surface area contributed by atoms with Crippen molar-refractivity contribution in [2.24, 2.45) is 0 Å². The highest BCUT2D eigenvalue weighted by molar-refractivity contribution is 6.12. The lowest BCUT2D eigenvalue weighted by Gasteiger charge is -2.00. The van der Waals surface area contributed by atoms with E-state index in [0.29, 0.717) is 22.4 Å². The van der Waals surface area contributed by atoms with Crippen molar-refractivity contribution < 1.29 is 18.1 Å². The highest BCUT2D eigenvalue weighted by atomic mass is 19.1. The number of fused-ring (bicyclic) bond motifs is 1. The minimum atomic E-state index is -0.503. The molecule has 0 aliphatic rings. The van der Waals surface area contributed by atoms with Gasteiger partial charge in [-0.1, -0.05) is 47.6 Å². The van der Waals surface area contributed by atoms with Gasteiger partial charge in [0.2, 0.25) is 5.78 Å². The fourth-order valence-corrected chi connectivity index (χ4v) is 2.70. The van der Waals surface area contributed by atoms with Crippen molar-refractivity contribution in [2.45, 2.75) is 6.92 Å². The van der Waals surface area contributed by atoms with Crippen LogP contribution in [-0.2, 0) is 0 Å². The number of benzene rings is 2. The molecule has 4 nitrogen and oxygen atoms in total. The van der Waals surface area contributed by atoms with Gasteiger partial charge in [-0.15, -0.1) is 0 Å². The van der Waals surface area contributed by atoms with Gasteiger partial charge >= 0.3 is 0 Å². The van der Waals surface area contributed by atoms with Crippen LogP contribution in [0.2, 0.25) is 0 Å². The molecule has 0 aliphatic heterocycles. The van der Waals surface area contributed by atoms with Gasteiger partial charge in [0.1, 0.15) is 11.5 Å². The molecule has 0 unspecified atom stereocenters. The quantitative estimate of drug-likeness (QED) is 0.510. The first kappa shape index (κ1) is 14.4. The van der Waals surface area contributed by atoms with E-state index in [1.807, 2.05) is 30.3 Å². The summed E-state index contributed by atoms with van der Waals surface area (Å²) in [6.45, 7) is 1.66. The second kappa shape index (κ2) is 5.45. The normalized spacial score (nSPS) is 11.1. The minimum absolute atomic E-state index is 0.0542. The molecule has 24 heavy (non-hydrogen) atoms. The van der Waals surface area contributed by atoms with Crippen molar-refractivity contribution in [2.75, 3.05) is 0 Å². The SMILES string of the molecule is Cc1onc(-c2ccccc2)c1C(=O)c1cc2cccc(F)c2o1. The molecule has 0 saturated carbocycles. The number of carbonyl (C=O) groups is 1. The van der Waals surface area contributed by atoms with Crippen molar-refractivity contribution in [1.29, 1.82) is 0 Å². The summed E-state index contributed by atoms with van der Waals surface area (Å²) >= 11 is 0. The molecule has 4 aromatic rings. The summed E-state index contributed by atoms with van der Waals surface area (Å²) in [4.78, 5) is 12.9. The van der Waals surface area contributed by atoms with Gasteiger partial charge in [0.05, 0.1) is 5.56 Å². The molecule has 5 heteroatoms. The predicted molar refractivity (Wildman–Crippen MR) is 86.3 cm³/mol. The number of carbonyl (C=O) groups excluding carboxylic acids is 1. The highest BCUT2D eigenvalue weighted by Gasteiger charge is 2.25. The maximum absolute atomic E-state index is 13.8. The summed E-state index contributed by atoms with van der Waals surface area (Å²) in [5.74, 6) is -0.446. The molecule has 118 valence electrons. The number of ketones is 1. The van der Waals surface area contributed by atoms with E-state index in [0.717, 1.165) is 5.56 Å². The van der Waals surface area contributed by atoms with Crippen molar-refractivity contribution in [3.8, 4) is 11.3 Å². The minimum Gasteiger partial charge on any atom is -0.449 e. The average Bonchev–Trinajstić information content (AvgIpc) is 3.20. The molecule has 2 heterocycles. The Morgan fingerprint density at radius 2 is 1.88 bits per heavy atom. The van der Waals surface area contributed by atoms with Crippen LogP contribution in [0.4, 0.5) is 4.39 Å². The van der Waals surface area contributed by atoms with E-state index >= 15 is 0 Å². The molecule has 0 aliphatic carbocycles. The van der Waals surface area contributed by atoms with Crippen molar-refractivity contribution >= 4 is 16.8 Å². The van der Waals surface area contributed by atoms with Gasteiger partial charge in [0, 0.05) is 10.9 Å². The zero-order chi connectivity index (χ0) is 16.7. The summed E-state index contributed by atoms with van der Waals surface area (Å²) < 4.78 is 24.4. The van der Waals surface area contributed by atoms with E-state index in [1.54, 1.807) is 19.1 Å². The van der Waals surface area contributed by atoms with Gasteiger partial charge in [0.15, 0.2) is 17.2 Å². The van der Waals surface area contributed by atoms with Crippen LogP contribution in [0.3, 0.4) is 0 Å². The number of aromatic nitrogens is 1. The maximum Gasteiger partial charge on any atom is 0.234 e. The molecule has 0 N–H and O–H groups in total. The molecule has 0 spiro atoms. The molecular weight excluding hydrogens is 309 g/mol. The Balaban J connectivity index is 1.85. The summed E-state index contributed by atoms with van der Waals surface area (Å²) in [5, 5.41) is 4.53. The molecule has 4 rings (SSSR count). The second-order valence-electron chi connectivity index (χ2n) is 5.43. The molecule has 2 aromatic heterocycles. The first-order valence-corrected chi connectivity index (χ1v) is 7.39. The molecule has 0 fully saturated rings. The number of rotatable bonds is 3. The first-order valence-electron chi connectivity index (χ1n) is 7.39. The predicted octanol–water partition coefficient (Wildman–Crippen LogP) is 4.77. The lowest BCUT2D eigenvalue weighted by molar-refractivity contribution is 0.101. The fraction of sp³-hybridized carbons (Fsp3) is 0.0526. The zero-order valence-electron chi connectivity index (χ0n) is 12.7. The van der Waals surface area contributed by atoms with Gasteiger partial charge in [-0.25, -0.2) is 4.39 Å². The van der Waals surface area contributed by atoms with Gasteiger partial charge < -0.3 is 8.94 Å². The van der Waals surface area contributed by atoms with E-state index in [4.69, 9.17) is 8.94 Å². The number of hydrogen-bond acceptors (Lipinski definition) is 4. The Morgan fingerprint density at radius 1 is 1.08 bits per heavy atom. The number of hydrogen-bond donors (Lipinski definition) is 0. The van der Waals surface area contributed by atoms with E-state index in [-0.39, 0.29) is 17.1 Å². The van der Waals surface area contributed by atoms with Gasteiger partial charge in [-0.05, 0) is 19.1 Å². The monoisotopic (exact) mass is 321 g/mol. The Morgan fingerprint density at radius 3 is 2.62 bits per heavy atom. The Labute approximate surface area is 136 Å². The lowest BCUT2D eigenvalue weighted by Crippen LogP contribution is -2.02. The Hall–Kier alpha value is -3.21. The van der Waals surface area contributed by atoms with Crippen LogP contribution in [0.5, 0.6) is 0 Å². The smallest absolute Gasteiger partial charge is 0.234 e. The standard InChI is InChI=1S/C19H12FNO3/c1-11-16(17(21-24-11)12-6-3-2-4-7-12)18(22)15-10-13-8-5-9-14(20)19(13)23-15/h2-10H,1H3. The van der Waals surface area contributed by atoms with Crippen LogP contribution in [0.1, 0.15) is 21.9 Å². The number of aryl methyl sites for hydroxylation is 1. The van der Waals surface area contributed by atoms with Gasteiger partial charge in [-0.3, -0.25) is 4.79 Å². The lowest BCUT2D eigenvalue weighted by atomic mass is 10.0. The summed E-state index contributed by atoms with van der Waals surface area (Å²) in [6.07, 6.45) is 0. The van der Waals surface area contributed by atoms with E-state index < -0.39 is 5.82 Å². The second-order valence-corrected chi connectivity index (χ2v) is 5.43. The summed E-state index contributed by atoms with van der Waals surface area (Å²) in [7, 11) is 0. The van der Waals surface area contributed by atoms with Crippen LogP contribution in [0, 0.1) is 12.7 Å². The van der Waals surface area contributed by atoms with Crippen LogP contribution in [0.15, 0.2) is 63.5 Å². The fourth-order valence-electron chi connectivity index (χ4n) is 2.70. The molecule has 2 aromatic carbocycles.